The van der Waals surface area contributed by atoms with Gasteiger partial charge in [-0.25, -0.2) is 0 Å². The highest BCUT2D eigenvalue weighted by Crippen LogP contribution is 2.30. The number of hydrogen-bond acceptors (Lipinski definition) is 3. The van der Waals surface area contributed by atoms with Crippen LogP contribution in [0.1, 0.15) is 23.2 Å². The van der Waals surface area contributed by atoms with Gasteiger partial charge >= 0.3 is 0 Å². The van der Waals surface area contributed by atoms with Crippen LogP contribution < -0.4 is 5.32 Å². The Hall–Kier alpha value is -1.59. The van der Waals surface area contributed by atoms with E-state index in [0.29, 0.717) is 6.54 Å². The Morgan fingerprint density at radius 3 is 2.74 bits per heavy atom. The van der Waals surface area contributed by atoms with Gasteiger partial charge in [-0.2, -0.15) is 0 Å². The van der Waals surface area contributed by atoms with E-state index in [-0.39, 0.29) is 21.3 Å². The maximum atomic E-state index is 11.9. The molecule has 0 saturated carbocycles. The Balaban J connectivity index is 2.89. The monoisotopic (exact) mass is 302 g/mol. The lowest BCUT2D eigenvalue weighted by molar-refractivity contribution is -0.384. The van der Waals surface area contributed by atoms with Crippen LogP contribution in [0, 0.1) is 10.1 Å². The third-order valence-corrected chi connectivity index (χ3v) is 3.14. The maximum Gasteiger partial charge on any atom is 0.271 e. The number of allylic oxidation sites excluding steroid dienone is 1. The van der Waals surface area contributed by atoms with Crippen LogP contribution >= 0.6 is 23.2 Å². The van der Waals surface area contributed by atoms with Gasteiger partial charge in [0.15, 0.2) is 0 Å². The van der Waals surface area contributed by atoms with E-state index in [2.05, 4.69) is 11.9 Å². The molecule has 0 atom stereocenters. The number of unbranched alkanes of at least 4 members (excludes halogenated alkanes) is 1. The second-order valence-electron chi connectivity index (χ2n) is 3.73. The number of carbonyl (C=O) groups excluding carboxylic acids is 1. The number of non-ortho nitro benzene ring substituents is 1. The molecule has 0 aliphatic heterocycles. The molecule has 1 aromatic rings. The van der Waals surface area contributed by atoms with E-state index in [1.807, 2.05) is 0 Å². The standard InChI is InChI=1S/C12H12Cl2N2O3/c1-2-3-4-5-15-12(17)9-6-8(16(18)19)7-10(13)11(9)14/h2,6-7H,1,3-5H2,(H,15,17). The molecule has 0 fully saturated rings. The molecule has 0 bridgehead atoms. The topological polar surface area (TPSA) is 72.2 Å². The van der Waals surface area contributed by atoms with Gasteiger partial charge in [-0.3, -0.25) is 14.9 Å². The minimum absolute atomic E-state index is 0.000491. The molecule has 0 radical (unpaired) electrons. The summed E-state index contributed by atoms with van der Waals surface area (Å²) in [5, 5.41) is 13.3. The first kappa shape index (κ1) is 15.5. The second-order valence-corrected chi connectivity index (χ2v) is 4.52. The average Bonchev–Trinajstić information content (AvgIpc) is 2.37. The molecular formula is C12H12Cl2N2O3. The van der Waals surface area contributed by atoms with Crippen LogP contribution in [-0.4, -0.2) is 17.4 Å². The molecule has 0 heterocycles. The normalized spacial score (nSPS) is 10.0. The summed E-state index contributed by atoms with van der Waals surface area (Å²) in [6.07, 6.45) is 3.24. The summed E-state index contributed by atoms with van der Waals surface area (Å²) in [4.78, 5) is 21.9. The second kappa shape index (κ2) is 7.11. The van der Waals surface area contributed by atoms with Crippen molar-refractivity contribution in [2.24, 2.45) is 0 Å². The average molecular weight is 303 g/mol. The molecular weight excluding hydrogens is 291 g/mol. The Bertz CT molecular complexity index is 518. The number of nitrogens with zero attached hydrogens (tertiary/aromatic N) is 1. The fourth-order valence-corrected chi connectivity index (χ4v) is 1.80. The van der Waals surface area contributed by atoms with Gasteiger partial charge in [-0.05, 0) is 12.8 Å². The highest BCUT2D eigenvalue weighted by atomic mass is 35.5. The summed E-state index contributed by atoms with van der Waals surface area (Å²) >= 11 is 11.6. The molecule has 1 N–H and O–H groups in total. The zero-order valence-electron chi connectivity index (χ0n) is 9.99. The van der Waals surface area contributed by atoms with Crippen molar-refractivity contribution in [2.45, 2.75) is 12.8 Å². The third kappa shape index (κ3) is 4.22. The van der Waals surface area contributed by atoms with E-state index in [4.69, 9.17) is 23.2 Å². The first-order chi connectivity index (χ1) is 8.97. The van der Waals surface area contributed by atoms with Crippen molar-refractivity contribution in [3.05, 3.63) is 50.5 Å². The van der Waals surface area contributed by atoms with Gasteiger partial charge in [-0.1, -0.05) is 29.3 Å². The van der Waals surface area contributed by atoms with E-state index < -0.39 is 10.8 Å². The van der Waals surface area contributed by atoms with E-state index in [1.54, 1.807) is 6.08 Å². The van der Waals surface area contributed by atoms with Crippen molar-refractivity contribution >= 4 is 34.8 Å². The number of rotatable bonds is 6. The minimum atomic E-state index is -0.628. The van der Waals surface area contributed by atoms with Crippen LogP contribution in [0.5, 0.6) is 0 Å². The Morgan fingerprint density at radius 2 is 2.16 bits per heavy atom. The van der Waals surface area contributed by atoms with E-state index in [9.17, 15) is 14.9 Å². The maximum absolute atomic E-state index is 11.9. The summed E-state index contributed by atoms with van der Waals surface area (Å²) in [6.45, 7) is 4.00. The Morgan fingerprint density at radius 1 is 1.47 bits per heavy atom. The number of amides is 1. The highest BCUT2D eigenvalue weighted by Gasteiger charge is 2.18. The Labute approximate surface area is 120 Å². The van der Waals surface area contributed by atoms with Gasteiger partial charge in [0.2, 0.25) is 0 Å². The predicted molar refractivity (Wildman–Crippen MR) is 74.9 cm³/mol. The Kier molecular flexibility index (Phi) is 5.79. The molecule has 1 rings (SSSR count). The number of carbonyl (C=O) groups is 1. The summed E-state index contributed by atoms with van der Waals surface area (Å²) in [5.41, 5.74) is -0.273. The van der Waals surface area contributed by atoms with Crippen molar-refractivity contribution in [1.82, 2.24) is 5.32 Å². The van der Waals surface area contributed by atoms with Crippen LogP contribution in [-0.2, 0) is 0 Å². The molecule has 0 aromatic heterocycles. The minimum Gasteiger partial charge on any atom is -0.352 e. The van der Waals surface area contributed by atoms with Crippen LogP contribution in [0.3, 0.4) is 0 Å². The van der Waals surface area contributed by atoms with Gasteiger partial charge in [-0.15, -0.1) is 6.58 Å². The van der Waals surface area contributed by atoms with Crippen molar-refractivity contribution in [1.29, 1.82) is 0 Å². The number of nitro groups is 1. The molecule has 0 spiro atoms. The number of benzene rings is 1. The fraction of sp³-hybridized carbons (Fsp3) is 0.250. The van der Waals surface area contributed by atoms with Gasteiger partial charge in [0.25, 0.3) is 11.6 Å². The number of nitro benzene ring substituents is 1. The molecule has 0 unspecified atom stereocenters. The van der Waals surface area contributed by atoms with Crippen LogP contribution in [0.25, 0.3) is 0 Å². The summed E-state index contributed by atoms with van der Waals surface area (Å²) in [5.74, 6) is -0.486. The summed E-state index contributed by atoms with van der Waals surface area (Å²) in [6, 6.07) is 2.22. The lowest BCUT2D eigenvalue weighted by Gasteiger charge is -2.07. The van der Waals surface area contributed by atoms with E-state index in [0.717, 1.165) is 25.0 Å². The molecule has 0 aliphatic rings. The van der Waals surface area contributed by atoms with Crippen molar-refractivity contribution in [3.63, 3.8) is 0 Å². The molecule has 19 heavy (non-hydrogen) atoms. The highest BCUT2D eigenvalue weighted by molar-refractivity contribution is 6.44. The first-order valence-electron chi connectivity index (χ1n) is 5.50. The first-order valence-corrected chi connectivity index (χ1v) is 6.25. The van der Waals surface area contributed by atoms with Crippen LogP contribution in [0.15, 0.2) is 24.8 Å². The number of halogens is 2. The molecule has 1 amide bonds. The number of hydrogen-bond donors (Lipinski definition) is 1. The summed E-state index contributed by atoms with van der Waals surface area (Å²) < 4.78 is 0. The molecule has 5 nitrogen and oxygen atoms in total. The zero-order chi connectivity index (χ0) is 14.4. The third-order valence-electron chi connectivity index (χ3n) is 2.34. The van der Waals surface area contributed by atoms with Crippen LogP contribution in [0.4, 0.5) is 5.69 Å². The lowest BCUT2D eigenvalue weighted by atomic mass is 10.2. The zero-order valence-corrected chi connectivity index (χ0v) is 11.5. The van der Waals surface area contributed by atoms with Crippen molar-refractivity contribution < 1.29 is 9.72 Å². The van der Waals surface area contributed by atoms with Crippen molar-refractivity contribution in [2.75, 3.05) is 6.54 Å². The predicted octanol–water partition coefficient (Wildman–Crippen LogP) is 3.60. The quantitative estimate of drug-likeness (QED) is 0.378. The fourth-order valence-electron chi connectivity index (χ4n) is 1.39. The van der Waals surface area contributed by atoms with Gasteiger partial charge in [0.1, 0.15) is 0 Å². The molecule has 1 aromatic carbocycles. The van der Waals surface area contributed by atoms with Crippen LogP contribution in [0.2, 0.25) is 10.0 Å². The lowest BCUT2D eigenvalue weighted by Crippen LogP contribution is -2.24. The largest absolute Gasteiger partial charge is 0.352 e. The van der Waals surface area contributed by atoms with Crippen molar-refractivity contribution in [3.8, 4) is 0 Å². The summed E-state index contributed by atoms with van der Waals surface area (Å²) in [7, 11) is 0. The van der Waals surface area contributed by atoms with Gasteiger partial charge < -0.3 is 5.32 Å². The molecule has 0 saturated heterocycles. The van der Waals surface area contributed by atoms with Gasteiger partial charge in [0, 0.05) is 18.7 Å². The van der Waals surface area contributed by atoms with E-state index >= 15 is 0 Å². The molecule has 102 valence electrons. The smallest absolute Gasteiger partial charge is 0.271 e. The molecule has 0 aliphatic carbocycles. The molecule has 7 heteroatoms. The van der Waals surface area contributed by atoms with Gasteiger partial charge in [0.05, 0.1) is 20.5 Å². The SMILES string of the molecule is C=CCCCNC(=O)c1cc([N+](=O)[O-])cc(Cl)c1Cl. The number of nitrogens with one attached hydrogen (secondary N) is 1. The van der Waals surface area contributed by atoms with E-state index in [1.165, 1.54) is 0 Å².